The van der Waals surface area contributed by atoms with Crippen LogP contribution in [0.5, 0.6) is 0 Å². The molecule has 1 N–H and O–H groups in total. The second-order valence-corrected chi connectivity index (χ2v) is 8.45. The van der Waals surface area contributed by atoms with Crippen molar-refractivity contribution in [2.24, 2.45) is 4.99 Å². The number of nitrogens with zero attached hydrogens (tertiary/aromatic N) is 6. The van der Waals surface area contributed by atoms with E-state index in [1.54, 1.807) is 11.8 Å². The molecule has 1 aromatic rings. The molecule has 2 rings (SSSR count). The zero-order valence-electron chi connectivity index (χ0n) is 19.4. The molecule has 1 aromatic heterocycles. The molecule has 0 radical (unpaired) electrons. The first-order valence-electron chi connectivity index (χ1n) is 11.3. The van der Waals surface area contributed by atoms with Crippen LogP contribution >= 0.6 is 11.8 Å². The number of hydrogen-bond acceptors (Lipinski definition) is 5. The van der Waals surface area contributed by atoms with Gasteiger partial charge in [0.1, 0.15) is 5.82 Å². The van der Waals surface area contributed by atoms with Crippen LogP contribution in [0, 0.1) is 0 Å². The van der Waals surface area contributed by atoms with Crippen molar-refractivity contribution < 1.29 is 4.79 Å². The first kappa shape index (κ1) is 24.5. The first-order chi connectivity index (χ1) is 14.5. The Kier molecular flexibility index (Phi) is 10.5. The summed E-state index contributed by atoms with van der Waals surface area (Å²) in [5, 5.41) is 13.2. The second kappa shape index (κ2) is 12.8. The van der Waals surface area contributed by atoms with E-state index in [2.05, 4.69) is 26.3 Å². The van der Waals surface area contributed by atoms with E-state index in [1.807, 2.05) is 37.6 Å². The Bertz CT molecular complexity index is 681. The molecule has 0 aromatic carbocycles. The minimum Gasteiger partial charge on any atom is -0.357 e. The fraction of sp³-hybridized carbons (Fsp3) is 0.810. The van der Waals surface area contributed by atoms with Gasteiger partial charge < -0.3 is 19.7 Å². The number of nitrogens with one attached hydrogen (secondary N) is 1. The first-order valence-corrected chi connectivity index (χ1v) is 12.5. The van der Waals surface area contributed by atoms with Gasteiger partial charge in [-0.3, -0.25) is 9.79 Å². The number of rotatable bonds is 11. The van der Waals surface area contributed by atoms with E-state index >= 15 is 0 Å². The Balaban J connectivity index is 1.95. The third kappa shape index (κ3) is 6.62. The predicted molar refractivity (Wildman–Crippen MR) is 124 cm³/mol. The highest BCUT2D eigenvalue weighted by Crippen LogP contribution is 2.33. The third-order valence-electron chi connectivity index (χ3n) is 5.61. The molecule has 1 amide bonds. The van der Waals surface area contributed by atoms with Crippen LogP contribution in [0.15, 0.2) is 10.1 Å². The summed E-state index contributed by atoms with van der Waals surface area (Å²) in [6, 6.07) is 0.551. The normalized spacial score (nSPS) is 14.9. The van der Waals surface area contributed by atoms with E-state index in [4.69, 9.17) is 4.99 Å². The molecule has 0 bridgehead atoms. The Labute approximate surface area is 185 Å². The largest absolute Gasteiger partial charge is 0.357 e. The average Bonchev–Trinajstić information content (AvgIpc) is 3.40. The molecule has 0 saturated heterocycles. The quantitative estimate of drug-likeness (QED) is 0.248. The van der Waals surface area contributed by atoms with Crippen molar-refractivity contribution in [3.8, 4) is 0 Å². The summed E-state index contributed by atoms with van der Waals surface area (Å²) in [4.78, 5) is 20.9. The van der Waals surface area contributed by atoms with Crippen LogP contribution in [0.25, 0.3) is 0 Å². The van der Waals surface area contributed by atoms with Crippen LogP contribution < -0.4 is 5.32 Å². The van der Waals surface area contributed by atoms with Gasteiger partial charge in [-0.05, 0) is 46.3 Å². The maximum atomic E-state index is 12.4. The lowest BCUT2D eigenvalue weighted by Gasteiger charge is -2.25. The third-order valence-corrected chi connectivity index (χ3v) is 6.26. The summed E-state index contributed by atoms with van der Waals surface area (Å²) in [6.45, 7) is 9.33. The van der Waals surface area contributed by atoms with Gasteiger partial charge in [0.2, 0.25) is 5.91 Å². The van der Waals surface area contributed by atoms with E-state index in [-0.39, 0.29) is 5.91 Å². The summed E-state index contributed by atoms with van der Waals surface area (Å²) in [6.07, 6.45) is 8.90. The molecule has 1 saturated carbocycles. The van der Waals surface area contributed by atoms with Gasteiger partial charge in [0.15, 0.2) is 11.1 Å². The minimum absolute atomic E-state index is 0.127. The van der Waals surface area contributed by atoms with Crippen LogP contribution in [0.3, 0.4) is 0 Å². The topological polar surface area (TPSA) is 78.6 Å². The lowest BCUT2D eigenvalue weighted by Crippen LogP contribution is -2.45. The van der Waals surface area contributed by atoms with Crippen LogP contribution in [-0.4, -0.2) is 82.5 Å². The highest BCUT2D eigenvalue weighted by atomic mass is 32.2. The van der Waals surface area contributed by atoms with Crippen molar-refractivity contribution in [3.63, 3.8) is 0 Å². The van der Waals surface area contributed by atoms with Crippen molar-refractivity contribution in [1.82, 2.24) is 29.9 Å². The Morgan fingerprint density at radius 1 is 1.23 bits per heavy atom. The van der Waals surface area contributed by atoms with E-state index in [0.717, 1.165) is 49.4 Å². The van der Waals surface area contributed by atoms with Gasteiger partial charge in [-0.15, -0.1) is 10.2 Å². The van der Waals surface area contributed by atoms with Crippen LogP contribution in [0.2, 0.25) is 0 Å². The van der Waals surface area contributed by atoms with E-state index in [1.165, 1.54) is 25.7 Å². The molecule has 1 fully saturated rings. The summed E-state index contributed by atoms with van der Waals surface area (Å²) in [5.74, 6) is 1.99. The number of aliphatic imine (C=N–C) groups is 1. The maximum Gasteiger partial charge on any atom is 0.242 e. The maximum absolute atomic E-state index is 12.4. The fourth-order valence-corrected chi connectivity index (χ4v) is 4.57. The molecular weight excluding hydrogens is 398 g/mol. The number of carbonyl (C=O) groups is 1. The van der Waals surface area contributed by atoms with Gasteiger partial charge >= 0.3 is 0 Å². The Morgan fingerprint density at radius 2 is 1.93 bits per heavy atom. The molecule has 30 heavy (non-hydrogen) atoms. The summed E-state index contributed by atoms with van der Waals surface area (Å²) >= 11 is 1.68. The van der Waals surface area contributed by atoms with Gasteiger partial charge in [-0.25, -0.2) is 0 Å². The van der Waals surface area contributed by atoms with E-state index in [0.29, 0.717) is 19.1 Å². The fourth-order valence-electron chi connectivity index (χ4n) is 3.99. The highest BCUT2D eigenvalue weighted by Gasteiger charge is 2.23. The Hall–Kier alpha value is -1.77. The molecule has 1 aliphatic carbocycles. The van der Waals surface area contributed by atoms with Gasteiger partial charge in [-0.1, -0.05) is 24.6 Å². The van der Waals surface area contributed by atoms with E-state index in [9.17, 15) is 4.79 Å². The lowest BCUT2D eigenvalue weighted by molar-refractivity contribution is -0.131. The van der Waals surface area contributed by atoms with E-state index < -0.39 is 0 Å². The molecular formula is C21H39N7OS. The zero-order chi connectivity index (χ0) is 21.9. The lowest BCUT2D eigenvalue weighted by atomic mass is 10.2. The number of thioether (sulfide) groups is 1. The van der Waals surface area contributed by atoms with Crippen LogP contribution in [0.1, 0.15) is 64.7 Å². The average molecular weight is 438 g/mol. The van der Waals surface area contributed by atoms with Gasteiger partial charge in [0.05, 0.1) is 6.54 Å². The van der Waals surface area contributed by atoms with Gasteiger partial charge in [-0.2, -0.15) is 0 Å². The number of hydrogen-bond donors (Lipinski definition) is 1. The summed E-state index contributed by atoms with van der Waals surface area (Å²) in [7, 11) is 1.92. The molecule has 0 atom stereocenters. The van der Waals surface area contributed by atoms with Crippen molar-refractivity contribution >= 4 is 23.6 Å². The molecule has 1 heterocycles. The SMILES string of the molecule is CCNC(=NCCCc1nnc(SC)n1C1CCCC1)N(C)CC(=O)N(CC)CC. The highest BCUT2D eigenvalue weighted by molar-refractivity contribution is 7.98. The standard InChI is InChI=1S/C21H39N7OS/c1-6-22-20(26(4)16-19(29)27(7-2)8-3)23-15-11-14-18-24-25-21(30-5)28(18)17-12-9-10-13-17/h17H,6-16H2,1-5H3,(H,22,23). The predicted octanol–water partition coefficient (Wildman–Crippen LogP) is 2.81. The van der Waals surface area contributed by atoms with Crippen molar-refractivity contribution in [2.45, 2.75) is 70.5 Å². The number of aryl methyl sites for hydroxylation is 1. The summed E-state index contributed by atoms with van der Waals surface area (Å²) in [5.41, 5.74) is 0. The number of aromatic nitrogens is 3. The van der Waals surface area contributed by atoms with Crippen molar-refractivity contribution in [3.05, 3.63) is 5.82 Å². The van der Waals surface area contributed by atoms with Gasteiger partial charge in [0.25, 0.3) is 0 Å². The Morgan fingerprint density at radius 3 is 2.53 bits per heavy atom. The van der Waals surface area contributed by atoms with Crippen molar-refractivity contribution in [1.29, 1.82) is 0 Å². The minimum atomic E-state index is 0.127. The number of amides is 1. The molecule has 0 spiro atoms. The molecule has 0 aliphatic heterocycles. The summed E-state index contributed by atoms with van der Waals surface area (Å²) < 4.78 is 2.36. The molecule has 0 unspecified atom stereocenters. The van der Waals surface area contributed by atoms with Crippen LogP contribution in [-0.2, 0) is 11.2 Å². The van der Waals surface area contributed by atoms with Crippen molar-refractivity contribution in [2.75, 3.05) is 46.0 Å². The number of carbonyl (C=O) groups excluding carboxylic acids is 1. The smallest absolute Gasteiger partial charge is 0.242 e. The van der Waals surface area contributed by atoms with Gasteiger partial charge in [0, 0.05) is 45.7 Å². The van der Waals surface area contributed by atoms with Crippen LogP contribution in [0.4, 0.5) is 0 Å². The zero-order valence-corrected chi connectivity index (χ0v) is 20.2. The number of guanidine groups is 1. The number of likely N-dealkylation sites (N-methyl/N-ethyl adjacent to an activating group) is 2. The molecule has 170 valence electrons. The molecule has 1 aliphatic rings. The second-order valence-electron chi connectivity index (χ2n) is 7.67. The molecule has 8 nitrogen and oxygen atoms in total. The molecule has 9 heteroatoms. The monoisotopic (exact) mass is 437 g/mol.